The molecule has 0 aliphatic carbocycles. The minimum Gasteiger partial charge on any atom is -0.480 e. The van der Waals surface area contributed by atoms with Crippen LogP contribution in [0.15, 0.2) is 11.6 Å². The maximum Gasteiger partial charge on any atom is 0.327 e. The summed E-state index contributed by atoms with van der Waals surface area (Å²) in [4.78, 5) is 21.4. The lowest BCUT2D eigenvalue weighted by atomic mass is 10.3. The van der Waals surface area contributed by atoms with E-state index in [1.165, 1.54) is 18.7 Å². The predicted molar refractivity (Wildman–Crippen MR) is 63.6 cm³/mol. The Kier molecular flexibility index (Phi) is 7.20. The largest absolute Gasteiger partial charge is 0.480 e. The topological polar surface area (TPSA) is 86.6 Å². The average molecular weight is 268 g/mol. The van der Waals surface area contributed by atoms with E-state index in [2.05, 4.69) is 11.9 Å². The number of rotatable bonds is 7. The summed E-state index contributed by atoms with van der Waals surface area (Å²) in [5.41, 5.74) is 0. The molecule has 0 aromatic heterocycles. The summed E-state index contributed by atoms with van der Waals surface area (Å²) in [7, 11) is 0. The molecule has 0 aliphatic rings. The van der Waals surface area contributed by atoms with Crippen LogP contribution >= 0.6 is 23.4 Å². The van der Waals surface area contributed by atoms with Crippen LogP contribution < -0.4 is 5.32 Å². The van der Waals surface area contributed by atoms with Crippen molar-refractivity contribution in [3.8, 4) is 0 Å². The number of nitrogens with one attached hydrogen (secondary N) is 1. The monoisotopic (exact) mass is 267 g/mol. The van der Waals surface area contributed by atoms with E-state index in [4.69, 9.17) is 16.7 Å². The van der Waals surface area contributed by atoms with E-state index in [9.17, 15) is 14.7 Å². The molecule has 1 amide bonds. The third-order valence-electron chi connectivity index (χ3n) is 1.60. The quantitative estimate of drug-likeness (QED) is 0.622. The second-order valence-electron chi connectivity index (χ2n) is 3.09. The molecule has 0 saturated carbocycles. The molecule has 0 aliphatic heterocycles. The second-order valence-corrected chi connectivity index (χ2v) is 4.65. The Morgan fingerprint density at radius 1 is 1.50 bits per heavy atom. The van der Waals surface area contributed by atoms with Crippen LogP contribution in [0.3, 0.4) is 0 Å². The highest BCUT2D eigenvalue weighted by atomic mass is 35.5. The molecule has 16 heavy (non-hydrogen) atoms. The minimum atomic E-state index is -1.11. The molecule has 5 nitrogen and oxygen atoms in total. The van der Waals surface area contributed by atoms with Crippen molar-refractivity contribution in [3.63, 3.8) is 0 Å². The molecule has 0 saturated heterocycles. The Bertz CT molecular complexity index is 285. The minimum absolute atomic E-state index is 0.110. The Morgan fingerprint density at radius 2 is 2.06 bits per heavy atom. The first kappa shape index (κ1) is 15.3. The van der Waals surface area contributed by atoms with Gasteiger partial charge in [-0.3, -0.25) is 4.79 Å². The molecule has 0 fully saturated rings. The summed E-state index contributed by atoms with van der Waals surface area (Å²) in [6.07, 6.45) is -0.876. The highest BCUT2D eigenvalue weighted by molar-refractivity contribution is 7.99. The molecule has 3 N–H and O–H groups in total. The van der Waals surface area contributed by atoms with E-state index in [1.807, 2.05) is 0 Å². The van der Waals surface area contributed by atoms with E-state index in [1.54, 1.807) is 0 Å². The van der Waals surface area contributed by atoms with Crippen LogP contribution in [0.5, 0.6) is 0 Å². The summed E-state index contributed by atoms with van der Waals surface area (Å²) in [6, 6.07) is -0.960. The standard InChI is InChI=1S/C9H14ClNO4S/c1-5(10)8(13)4-16-3-7(9(14)15)11-6(2)12/h7-8,13H,1,3-4H2,2H3,(H,11,12)(H,14,15). The van der Waals surface area contributed by atoms with Gasteiger partial charge in [-0.15, -0.1) is 0 Å². The fourth-order valence-electron chi connectivity index (χ4n) is 0.808. The Balaban J connectivity index is 3.99. The zero-order valence-corrected chi connectivity index (χ0v) is 10.3. The van der Waals surface area contributed by atoms with Gasteiger partial charge in [0.05, 0.1) is 6.10 Å². The summed E-state index contributed by atoms with van der Waals surface area (Å²) in [5, 5.41) is 20.4. The molecule has 2 atom stereocenters. The number of hydrogen-bond acceptors (Lipinski definition) is 4. The van der Waals surface area contributed by atoms with Gasteiger partial charge in [0.2, 0.25) is 5.91 Å². The molecule has 0 radical (unpaired) electrons. The van der Waals surface area contributed by atoms with Crippen LogP contribution in [0.4, 0.5) is 0 Å². The number of carboxylic acids is 1. The molecular weight excluding hydrogens is 254 g/mol. The van der Waals surface area contributed by atoms with Crippen molar-refractivity contribution in [1.82, 2.24) is 5.32 Å². The maximum atomic E-state index is 10.7. The Hall–Kier alpha value is -0.720. The van der Waals surface area contributed by atoms with Crippen molar-refractivity contribution < 1.29 is 19.8 Å². The van der Waals surface area contributed by atoms with Gasteiger partial charge in [0.15, 0.2) is 0 Å². The zero-order valence-electron chi connectivity index (χ0n) is 8.77. The lowest BCUT2D eigenvalue weighted by Crippen LogP contribution is -2.41. The predicted octanol–water partition coefficient (Wildman–Crippen LogP) is 0.422. The lowest BCUT2D eigenvalue weighted by Gasteiger charge is -2.14. The van der Waals surface area contributed by atoms with Crippen LogP contribution in [0.2, 0.25) is 0 Å². The van der Waals surface area contributed by atoms with Crippen molar-refractivity contribution in [3.05, 3.63) is 11.6 Å². The zero-order chi connectivity index (χ0) is 12.7. The van der Waals surface area contributed by atoms with Crippen LogP contribution in [0, 0.1) is 0 Å². The lowest BCUT2D eigenvalue weighted by molar-refractivity contribution is -0.140. The van der Waals surface area contributed by atoms with E-state index < -0.39 is 24.0 Å². The van der Waals surface area contributed by atoms with Crippen molar-refractivity contribution in [1.29, 1.82) is 0 Å². The molecule has 0 bridgehead atoms. The third kappa shape index (κ3) is 6.71. The SMILES string of the molecule is C=C(Cl)C(O)CSCC(NC(C)=O)C(=O)O. The third-order valence-corrected chi connectivity index (χ3v) is 2.97. The number of aliphatic hydroxyl groups excluding tert-OH is 1. The summed E-state index contributed by atoms with van der Waals surface area (Å²) >= 11 is 6.62. The summed E-state index contributed by atoms with van der Waals surface area (Å²) in [5.74, 6) is -1.11. The number of carbonyl (C=O) groups is 2. The van der Waals surface area contributed by atoms with Gasteiger partial charge < -0.3 is 15.5 Å². The molecular formula is C9H14ClNO4S. The summed E-state index contributed by atoms with van der Waals surface area (Å²) in [6.45, 7) is 4.60. The van der Waals surface area contributed by atoms with E-state index in [0.29, 0.717) is 0 Å². The van der Waals surface area contributed by atoms with Crippen LogP contribution in [-0.4, -0.2) is 45.7 Å². The van der Waals surface area contributed by atoms with Crippen LogP contribution in [0.1, 0.15) is 6.92 Å². The van der Waals surface area contributed by atoms with Gasteiger partial charge in [0.1, 0.15) is 6.04 Å². The van der Waals surface area contributed by atoms with Gasteiger partial charge in [-0.1, -0.05) is 18.2 Å². The molecule has 0 heterocycles. The Morgan fingerprint density at radius 3 is 2.44 bits per heavy atom. The van der Waals surface area contributed by atoms with E-state index in [0.717, 1.165) is 0 Å². The molecule has 0 aromatic rings. The Labute approximate surface area is 103 Å². The molecule has 2 unspecified atom stereocenters. The van der Waals surface area contributed by atoms with E-state index >= 15 is 0 Å². The van der Waals surface area contributed by atoms with Crippen molar-refractivity contribution >= 4 is 35.2 Å². The summed E-state index contributed by atoms with van der Waals surface area (Å²) < 4.78 is 0. The molecule has 0 aromatic carbocycles. The van der Waals surface area contributed by atoms with Crippen LogP contribution in [-0.2, 0) is 9.59 Å². The highest BCUT2D eigenvalue weighted by Crippen LogP contribution is 2.12. The van der Waals surface area contributed by atoms with Crippen molar-refractivity contribution in [2.75, 3.05) is 11.5 Å². The maximum absolute atomic E-state index is 10.7. The second kappa shape index (κ2) is 7.54. The number of aliphatic carboxylic acids is 1. The number of amides is 1. The van der Waals surface area contributed by atoms with Gasteiger partial charge in [0, 0.05) is 23.5 Å². The van der Waals surface area contributed by atoms with Crippen LogP contribution in [0.25, 0.3) is 0 Å². The van der Waals surface area contributed by atoms with Gasteiger partial charge in [-0.05, 0) is 0 Å². The number of thioether (sulfide) groups is 1. The van der Waals surface area contributed by atoms with Gasteiger partial charge in [-0.2, -0.15) is 11.8 Å². The fraction of sp³-hybridized carbons (Fsp3) is 0.556. The molecule has 0 spiro atoms. The number of hydrogen-bond donors (Lipinski definition) is 3. The van der Waals surface area contributed by atoms with Crippen molar-refractivity contribution in [2.24, 2.45) is 0 Å². The smallest absolute Gasteiger partial charge is 0.327 e. The molecule has 0 rings (SSSR count). The average Bonchev–Trinajstić information content (AvgIpc) is 2.14. The first-order chi connectivity index (χ1) is 7.34. The van der Waals surface area contributed by atoms with E-state index in [-0.39, 0.29) is 16.5 Å². The molecule has 7 heteroatoms. The molecule has 92 valence electrons. The first-order valence-electron chi connectivity index (χ1n) is 4.44. The normalized spacial score (nSPS) is 13.9. The number of halogens is 1. The van der Waals surface area contributed by atoms with Crippen molar-refractivity contribution in [2.45, 2.75) is 19.1 Å². The van der Waals surface area contributed by atoms with Gasteiger partial charge >= 0.3 is 5.97 Å². The van der Waals surface area contributed by atoms with Gasteiger partial charge in [-0.25, -0.2) is 4.79 Å². The van der Waals surface area contributed by atoms with Gasteiger partial charge in [0.25, 0.3) is 0 Å². The number of aliphatic hydroxyl groups is 1. The number of carboxylic acid groups (broad SMARTS) is 1. The fourth-order valence-corrected chi connectivity index (χ4v) is 2.00. The first-order valence-corrected chi connectivity index (χ1v) is 5.98. The highest BCUT2D eigenvalue weighted by Gasteiger charge is 2.18. The number of carbonyl (C=O) groups excluding carboxylic acids is 1.